The summed E-state index contributed by atoms with van der Waals surface area (Å²) in [7, 11) is 0. The van der Waals surface area contributed by atoms with Crippen LogP contribution in [0.1, 0.15) is 27.2 Å². The van der Waals surface area contributed by atoms with Crippen molar-refractivity contribution >= 4 is 52.3 Å². The van der Waals surface area contributed by atoms with Crippen molar-refractivity contribution in [1.82, 2.24) is 10.3 Å². The Kier molecular flexibility index (Phi) is 8.37. The largest absolute Gasteiger partial charge is 0.335 e. The molecule has 1 rings (SSSR count). The summed E-state index contributed by atoms with van der Waals surface area (Å²) in [4.78, 5) is 36.8. The van der Waals surface area contributed by atoms with Crippen molar-refractivity contribution in [3.05, 3.63) is 28.2 Å². The lowest BCUT2D eigenvalue weighted by molar-refractivity contribution is -0.145. The number of nitrogens with one attached hydrogen (secondary N) is 2. The Morgan fingerprint density at radius 3 is 2.32 bits per heavy atom. The van der Waals surface area contributed by atoms with E-state index in [0.29, 0.717) is 34.5 Å². The van der Waals surface area contributed by atoms with Crippen molar-refractivity contribution in [2.24, 2.45) is 5.10 Å². The molecule has 1 aromatic rings. The van der Waals surface area contributed by atoms with Crippen LogP contribution >= 0.6 is 23.2 Å². The molecule has 1 aromatic carbocycles. The Hall–Kier alpha value is -2.12. The molecule has 0 aliphatic heterocycles. The monoisotopic (exact) mass is 386 g/mol. The van der Waals surface area contributed by atoms with Crippen LogP contribution in [-0.2, 0) is 14.4 Å². The van der Waals surface area contributed by atoms with Crippen LogP contribution in [0.15, 0.2) is 23.3 Å². The van der Waals surface area contributed by atoms with Crippen LogP contribution in [0.25, 0.3) is 0 Å². The van der Waals surface area contributed by atoms with E-state index < -0.39 is 11.8 Å². The Morgan fingerprint density at radius 2 is 1.76 bits per heavy atom. The molecule has 0 saturated heterocycles. The van der Waals surface area contributed by atoms with E-state index in [1.54, 1.807) is 32.9 Å². The SMILES string of the molecule is CCN(CC)C(=O)C(=O)N/N=C(\C)CC(=O)Nc1ccc(Cl)c(Cl)c1. The van der Waals surface area contributed by atoms with Gasteiger partial charge < -0.3 is 10.2 Å². The molecule has 0 bridgehead atoms. The first-order chi connectivity index (χ1) is 11.8. The highest BCUT2D eigenvalue weighted by Crippen LogP contribution is 2.25. The number of benzene rings is 1. The fraction of sp³-hybridized carbons (Fsp3) is 0.375. The molecule has 0 spiro atoms. The lowest BCUT2D eigenvalue weighted by Crippen LogP contribution is -2.41. The summed E-state index contributed by atoms with van der Waals surface area (Å²) >= 11 is 11.7. The predicted molar refractivity (Wildman–Crippen MR) is 98.9 cm³/mol. The summed E-state index contributed by atoms with van der Waals surface area (Å²) < 4.78 is 0. The van der Waals surface area contributed by atoms with Crippen LogP contribution in [0.2, 0.25) is 10.0 Å². The van der Waals surface area contributed by atoms with Gasteiger partial charge in [0, 0.05) is 24.5 Å². The molecular formula is C16H20Cl2N4O3. The van der Waals surface area contributed by atoms with E-state index in [0.717, 1.165) is 0 Å². The summed E-state index contributed by atoms with van der Waals surface area (Å²) in [5, 5.41) is 7.12. The molecule has 0 saturated carbocycles. The number of likely N-dealkylation sites (N-methyl/N-ethyl adjacent to an activating group) is 1. The maximum atomic E-state index is 11.9. The molecule has 0 aliphatic carbocycles. The topological polar surface area (TPSA) is 90.9 Å². The van der Waals surface area contributed by atoms with Crippen LogP contribution in [0.5, 0.6) is 0 Å². The van der Waals surface area contributed by atoms with Crippen molar-refractivity contribution in [3.8, 4) is 0 Å². The summed E-state index contributed by atoms with van der Waals surface area (Å²) in [6.07, 6.45) is -0.0556. The Bertz CT molecular complexity index is 688. The fourth-order valence-electron chi connectivity index (χ4n) is 1.90. The normalized spacial score (nSPS) is 11.0. The number of hydrogen-bond acceptors (Lipinski definition) is 4. The molecule has 9 heteroatoms. The van der Waals surface area contributed by atoms with Crippen LogP contribution < -0.4 is 10.7 Å². The number of hydrogen-bond donors (Lipinski definition) is 2. The standard InChI is InChI=1S/C16H20Cl2N4O3/c1-4-22(5-2)16(25)15(24)21-20-10(3)8-14(23)19-11-6-7-12(17)13(18)9-11/h6-7,9H,4-5,8H2,1-3H3,(H,19,23)(H,21,24)/b20-10+. The summed E-state index contributed by atoms with van der Waals surface area (Å²) in [6.45, 7) is 5.97. The number of hydrazone groups is 1. The van der Waals surface area contributed by atoms with E-state index in [4.69, 9.17) is 23.2 Å². The molecular weight excluding hydrogens is 367 g/mol. The van der Waals surface area contributed by atoms with E-state index in [1.165, 1.54) is 11.0 Å². The van der Waals surface area contributed by atoms with E-state index in [1.807, 2.05) is 0 Å². The van der Waals surface area contributed by atoms with Gasteiger partial charge in [0.1, 0.15) is 0 Å². The quantitative estimate of drug-likeness (QED) is 0.447. The lowest BCUT2D eigenvalue weighted by Gasteiger charge is -2.16. The maximum Gasteiger partial charge on any atom is 0.329 e. The van der Waals surface area contributed by atoms with Crippen molar-refractivity contribution in [1.29, 1.82) is 0 Å². The zero-order chi connectivity index (χ0) is 19.0. The molecule has 136 valence electrons. The molecule has 2 N–H and O–H groups in total. The van der Waals surface area contributed by atoms with Crippen LogP contribution in [0.3, 0.4) is 0 Å². The molecule has 7 nitrogen and oxygen atoms in total. The molecule has 0 fully saturated rings. The van der Waals surface area contributed by atoms with Gasteiger partial charge in [-0.25, -0.2) is 5.43 Å². The van der Waals surface area contributed by atoms with E-state index >= 15 is 0 Å². The lowest BCUT2D eigenvalue weighted by atomic mass is 10.2. The highest BCUT2D eigenvalue weighted by molar-refractivity contribution is 6.42. The summed E-state index contributed by atoms with van der Waals surface area (Å²) in [6, 6.07) is 4.71. The second kappa shape index (κ2) is 10.0. The van der Waals surface area contributed by atoms with Gasteiger partial charge in [-0.2, -0.15) is 5.10 Å². The van der Waals surface area contributed by atoms with Gasteiger partial charge in [0.2, 0.25) is 5.91 Å². The fourth-order valence-corrected chi connectivity index (χ4v) is 2.20. The molecule has 0 radical (unpaired) electrons. The molecule has 0 heterocycles. The molecule has 0 aliphatic rings. The van der Waals surface area contributed by atoms with Crippen LogP contribution in [0.4, 0.5) is 5.69 Å². The molecule has 3 amide bonds. The van der Waals surface area contributed by atoms with Gasteiger partial charge in [-0.15, -0.1) is 0 Å². The number of carbonyl (C=O) groups excluding carboxylic acids is 3. The minimum Gasteiger partial charge on any atom is -0.335 e. The number of amides is 3. The first kappa shape index (κ1) is 20.9. The predicted octanol–water partition coefficient (Wildman–Crippen LogP) is 2.68. The van der Waals surface area contributed by atoms with Crippen LogP contribution in [-0.4, -0.2) is 41.4 Å². The molecule has 0 aromatic heterocycles. The Balaban J connectivity index is 2.56. The van der Waals surface area contributed by atoms with Crippen molar-refractivity contribution in [2.45, 2.75) is 27.2 Å². The zero-order valence-electron chi connectivity index (χ0n) is 14.2. The molecule has 0 atom stereocenters. The Labute approximate surface area is 156 Å². The van der Waals surface area contributed by atoms with Crippen LogP contribution in [0, 0.1) is 0 Å². The van der Waals surface area contributed by atoms with E-state index in [9.17, 15) is 14.4 Å². The average molecular weight is 387 g/mol. The maximum absolute atomic E-state index is 11.9. The first-order valence-electron chi connectivity index (χ1n) is 7.65. The minimum absolute atomic E-state index is 0.0556. The highest BCUT2D eigenvalue weighted by atomic mass is 35.5. The van der Waals surface area contributed by atoms with Gasteiger partial charge in [-0.1, -0.05) is 23.2 Å². The smallest absolute Gasteiger partial charge is 0.329 e. The third kappa shape index (κ3) is 6.72. The van der Waals surface area contributed by atoms with Gasteiger partial charge in [0.05, 0.1) is 16.5 Å². The second-order valence-corrected chi connectivity index (χ2v) is 5.93. The van der Waals surface area contributed by atoms with Crippen molar-refractivity contribution in [3.63, 3.8) is 0 Å². The van der Waals surface area contributed by atoms with Gasteiger partial charge in [0.15, 0.2) is 0 Å². The first-order valence-corrected chi connectivity index (χ1v) is 8.41. The van der Waals surface area contributed by atoms with Gasteiger partial charge in [0.25, 0.3) is 0 Å². The van der Waals surface area contributed by atoms with Gasteiger partial charge in [-0.3, -0.25) is 14.4 Å². The van der Waals surface area contributed by atoms with Gasteiger partial charge >= 0.3 is 11.8 Å². The second-order valence-electron chi connectivity index (χ2n) is 5.12. The number of rotatable bonds is 6. The number of anilines is 1. The molecule has 25 heavy (non-hydrogen) atoms. The highest BCUT2D eigenvalue weighted by Gasteiger charge is 2.18. The third-order valence-corrected chi connectivity index (χ3v) is 3.95. The number of nitrogens with zero attached hydrogens (tertiary/aromatic N) is 2. The van der Waals surface area contributed by atoms with E-state index in [-0.39, 0.29) is 12.3 Å². The van der Waals surface area contributed by atoms with Crippen molar-refractivity contribution < 1.29 is 14.4 Å². The number of carbonyl (C=O) groups is 3. The Morgan fingerprint density at radius 1 is 1.12 bits per heavy atom. The zero-order valence-corrected chi connectivity index (χ0v) is 15.7. The summed E-state index contributed by atoms with van der Waals surface area (Å²) in [5.41, 5.74) is 3.00. The average Bonchev–Trinajstić information content (AvgIpc) is 2.56. The third-order valence-electron chi connectivity index (χ3n) is 3.21. The summed E-state index contributed by atoms with van der Waals surface area (Å²) in [5.74, 6) is -1.85. The van der Waals surface area contributed by atoms with Gasteiger partial charge in [-0.05, 0) is 39.0 Å². The molecule has 0 unspecified atom stereocenters. The van der Waals surface area contributed by atoms with Crippen molar-refractivity contribution in [2.75, 3.05) is 18.4 Å². The number of halogens is 2. The van der Waals surface area contributed by atoms with E-state index in [2.05, 4.69) is 15.8 Å². The minimum atomic E-state index is -0.840.